The van der Waals surface area contributed by atoms with E-state index in [4.69, 9.17) is 16.1 Å². The lowest BCUT2D eigenvalue weighted by Crippen LogP contribution is -2.26. The number of aryl methyl sites for hydroxylation is 2. The van der Waals surface area contributed by atoms with Gasteiger partial charge in [-0.25, -0.2) is 0 Å². The molecule has 96 valence electrons. The molecule has 0 aliphatic carbocycles. The lowest BCUT2D eigenvalue weighted by Gasteiger charge is -2.16. The number of halogens is 1. The van der Waals surface area contributed by atoms with Crippen molar-refractivity contribution in [2.75, 3.05) is 12.9 Å². The second kappa shape index (κ2) is 6.64. The van der Waals surface area contributed by atoms with Crippen LogP contribution in [0.25, 0.3) is 0 Å². The highest BCUT2D eigenvalue weighted by molar-refractivity contribution is 6.17. The topological polar surface area (TPSA) is 46.3 Å². The van der Waals surface area contributed by atoms with Crippen LogP contribution in [-0.2, 0) is 11.3 Å². The van der Waals surface area contributed by atoms with Crippen molar-refractivity contribution in [3.05, 3.63) is 17.0 Å². The molecule has 0 bridgehead atoms. The van der Waals surface area contributed by atoms with Crippen LogP contribution >= 0.6 is 11.6 Å². The minimum Gasteiger partial charge on any atom is -0.361 e. The molecule has 17 heavy (non-hydrogen) atoms. The maximum atomic E-state index is 11.8. The van der Waals surface area contributed by atoms with Crippen molar-refractivity contribution in [3.63, 3.8) is 0 Å². The molecule has 0 aliphatic heterocycles. The van der Waals surface area contributed by atoms with Gasteiger partial charge in [-0.3, -0.25) is 4.79 Å². The van der Waals surface area contributed by atoms with Crippen LogP contribution in [0.1, 0.15) is 36.3 Å². The summed E-state index contributed by atoms with van der Waals surface area (Å²) in [5, 5.41) is 3.87. The van der Waals surface area contributed by atoms with Crippen LogP contribution in [0.2, 0.25) is 0 Å². The predicted molar refractivity (Wildman–Crippen MR) is 67.0 cm³/mol. The zero-order valence-corrected chi connectivity index (χ0v) is 11.4. The Kier molecular flexibility index (Phi) is 5.48. The number of aromatic nitrogens is 1. The number of carbonyl (C=O) groups excluding carboxylic acids is 1. The van der Waals surface area contributed by atoms with E-state index in [0.29, 0.717) is 18.8 Å². The average molecular weight is 259 g/mol. The van der Waals surface area contributed by atoms with Gasteiger partial charge in [0.15, 0.2) is 0 Å². The maximum Gasteiger partial charge on any atom is 0.222 e. The van der Waals surface area contributed by atoms with Crippen LogP contribution in [0, 0.1) is 13.8 Å². The summed E-state index contributed by atoms with van der Waals surface area (Å²) < 4.78 is 5.07. The smallest absolute Gasteiger partial charge is 0.222 e. The van der Waals surface area contributed by atoms with Crippen molar-refractivity contribution < 1.29 is 9.32 Å². The Balaban J connectivity index is 2.48. The minimum absolute atomic E-state index is 0.134. The molecule has 0 fully saturated rings. The Morgan fingerprint density at radius 1 is 1.41 bits per heavy atom. The fourth-order valence-electron chi connectivity index (χ4n) is 1.61. The third kappa shape index (κ3) is 4.04. The normalized spacial score (nSPS) is 10.6. The molecular weight excluding hydrogens is 240 g/mol. The highest BCUT2D eigenvalue weighted by Gasteiger charge is 2.14. The number of amides is 1. The largest absolute Gasteiger partial charge is 0.361 e. The average Bonchev–Trinajstić information content (AvgIpc) is 2.61. The highest BCUT2D eigenvalue weighted by atomic mass is 35.5. The lowest BCUT2D eigenvalue weighted by molar-refractivity contribution is -0.130. The summed E-state index contributed by atoms with van der Waals surface area (Å²) in [5.74, 6) is 1.53. The molecule has 1 aromatic rings. The first-order chi connectivity index (χ1) is 8.06. The number of hydrogen-bond acceptors (Lipinski definition) is 3. The van der Waals surface area contributed by atoms with E-state index < -0.39 is 0 Å². The molecule has 0 aromatic carbocycles. The summed E-state index contributed by atoms with van der Waals surface area (Å²) >= 11 is 5.58. The van der Waals surface area contributed by atoms with Gasteiger partial charge in [0.05, 0.1) is 12.2 Å². The summed E-state index contributed by atoms with van der Waals surface area (Å²) in [6.07, 6.45) is 2.27. The van der Waals surface area contributed by atoms with E-state index in [1.807, 2.05) is 13.8 Å². The molecule has 0 saturated heterocycles. The van der Waals surface area contributed by atoms with Crippen LogP contribution < -0.4 is 0 Å². The Hall–Kier alpha value is -1.03. The van der Waals surface area contributed by atoms with Crippen molar-refractivity contribution in [3.8, 4) is 0 Å². The maximum absolute atomic E-state index is 11.8. The molecular formula is C12H19ClN2O2. The van der Waals surface area contributed by atoms with Crippen molar-refractivity contribution in [1.82, 2.24) is 10.1 Å². The van der Waals surface area contributed by atoms with Gasteiger partial charge in [0, 0.05) is 24.9 Å². The van der Waals surface area contributed by atoms with Crippen molar-refractivity contribution in [2.45, 2.75) is 39.7 Å². The molecule has 0 spiro atoms. The first-order valence-corrected chi connectivity index (χ1v) is 6.31. The predicted octanol–water partition coefficient (Wildman–Crippen LogP) is 2.66. The van der Waals surface area contributed by atoms with Crippen molar-refractivity contribution in [1.29, 1.82) is 0 Å². The van der Waals surface area contributed by atoms with Gasteiger partial charge in [-0.15, -0.1) is 11.6 Å². The van der Waals surface area contributed by atoms with Gasteiger partial charge in [0.25, 0.3) is 0 Å². The van der Waals surface area contributed by atoms with E-state index in [1.54, 1.807) is 11.9 Å². The Labute approximate surface area is 107 Å². The van der Waals surface area contributed by atoms with Crippen LogP contribution in [-0.4, -0.2) is 28.9 Å². The van der Waals surface area contributed by atoms with Gasteiger partial charge in [-0.05, 0) is 26.7 Å². The molecule has 0 unspecified atom stereocenters. The molecule has 0 aliphatic rings. The summed E-state index contributed by atoms with van der Waals surface area (Å²) in [5.41, 5.74) is 1.85. The number of nitrogens with zero attached hydrogens (tertiary/aromatic N) is 2. The first kappa shape index (κ1) is 14.0. The van der Waals surface area contributed by atoms with Gasteiger partial charge in [0.2, 0.25) is 5.91 Å². The fraction of sp³-hybridized carbons (Fsp3) is 0.667. The number of unbranched alkanes of at least 4 members (excludes halogenated alkanes) is 1. The molecule has 0 saturated carbocycles. The SMILES string of the molecule is Cc1noc(C)c1CN(C)C(=O)CCCCCl. The summed E-state index contributed by atoms with van der Waals surface area (Å²) in [7, 11) is 1.80. The Morgan fingerprint density at radius 3 is 2.65 bits per heavy atom. The Morgan fingerprint density at radius 2 is 2.12 bits per heavy atom. The molecule has 4 nitrogen and oxygen atoms in total. The second-order valence-corrected chi connectivity index (χ2v) is 4.58. The zero-order chi connectivity index (χ0) is 12.8. The molecule has 0 N–H and O–H groups in total. The fourth-order valence-corrected chi connectivity index (χ4v) is 1.80. The molecule has 1 aromatic heterocycles. The number of hydrogen-bond donors (Lipinski definition) is 0. The molecule has 1 rings (SSSR count). The quantitative estimate of drug-likeness (QED) is 0.582. The van der Waals surface area contributed by atoms with E-state index in [2.05, 4.69) is 5.16 Å². The van der Waals surface area contributed by atoms with E-state index in [9.17, 15) is 4.79 Å². The molecule has 0 atom stereocenters. The number of carbonyl (C=O) groups is 1. The summed E-state index contributed by atoms with van der Waals surface area (Å²) in [6.45, 7) is 4.31. The zero-order valence-electron chi connectivity index (χ0n) is 10.6. The molecule has 1 amide bonds. The highest BCUT2D eigenvalue weighted by Crippen LogP contribution is 2.15. The van der Waals surface area contributed by atoms with E-state index in [-0.39, 0.29) is 5.91 Å². The third-order valence-electron chi connectivity index (χ3n) is 2.78. The standard InChI is InChI=1S/C12H19ClN2O2/c1-9-11(10(2)17-14-9)8-15(3)12(16)6-4-5-7-13/h4-8H2,1-3H3. The van der Waals surface area contributed by atoms with Gasteiger partial charge < -0.3 is 9.42 Å². The summed E-state index contributed by atoms with van der Waals surface area (Å²) in [4.78, 5) is 13.5. The molecule has 5 heteroatoms. The van der Waals surface area contributed by atoms with Gasteiger partial charge in [0.1, 0.15) is 5.76 Å². The van der Waals surface area contributed by atoms with Crippen LogP contribution in [0.15, 0.2) is 4.52 Å². The third-order valence-corrected chi connectivity index (χ3v) is 3.04. The van der Waals surface area contributed by atoms with Crippen LogP contribution in [0.3, 0.4) is 0 Å². The Bertz CT molecular complexity index is 357. The molecule has 0 radical (unpaired) electrons. The number of rotatable bonds is 6. The van der Waals surface area contributed by atoms with E-state index in [0.717, 1.165) is 29.9 Å². The first-order valence-electron chi connectivity index (χ1n) is 5.78. The van der Waals surface area contributed by atoms with Crippen molar-refractivity contribution in [2.24, 2.45) is 0 Å². The molecule has 1 heterocycles. The minimum atomic E-state index is 0.134. The number of alkyl halides is 1. The van der Waals surface area contributed by atoms with Gasteiger partial charge in [-0.2, -0.15) is 0 Å². The lowest BCUT2D eigenvalue weighted by atomic mass is 10.2. The van der Waals surface area contributed by atoms with Crippen LogP contribution in [0.4, 0.5) is 0 Å². The van der Waals surface area contributed by atoms with Crippen molar-refractivity contribution >= 4 is 17.5 Å². The van der Waals surface area contributed by atoms with E-state index in [1.165, 1.54) is 0 Å². The summed E-state index contributed by atoms with van der Waals surface area (Å²) in [6, 6.07) is 0. The monoisotopic (exact) mass is 258 g/mol. The van der Waals surface area contributed by atoms with E-state index >= 15 is 0 Å². The van der Waals surface area contributed by atoms with Crippen LogP contribution in [0.5, 0.6) is 0 Å². The van der Waals surface area contributed by atoms with Gasteiger partial charge in [-0.1, -0.05) is 5.16 Å². The second-order valence-electron chi connectivity index (χ2n) is 4.20. The van der Waals surface area contributed by atoms with Gasteiger partial charge >= 0.3 is 0 Å².